The molecule has 1 saturated heterocycles. The Balaban J connectivity index is 2.16. The third-order valence-electron chi connectivity index (χ3n) is 2.56. The monoisotopic (exact) mass is 302 g/mol. The fourth-order valence-electron chi connectivity index (χ4n) is 1.51. The maximum absolute atomic E-state index is 12.6. The van der Waals surface area contributed by atoms with E-state index in [1.807, 2.05) is 6.92 Å². The van der Waals surface area contributed by atoms with E-state index in [0.717, 1.165) is 18.6 Å². The van der Waals surface area contributed by atoms with E-state index >= 15 is 0 Å². The molecule has 20 heavy (non-hydrogen) atoms. The zero-order chi connectivity index (χ0) is 14.8. The molecule has 107 valence electrons. The van der Waals surface area contributed by atoms with E-state index in [1.165, 1.54) is 23.9 Å². The summed E-state index contributed by atoms with van der Waals surface area (Å²) in [6.07, 6.45) is -3.68. The molecule has 1 amide bonds. The fourth-order valence-corrected chi connectivity index (χ4v) is 2.28. The number of thioether (sulfide) groups is 1. The van der Waals surface area contributed by atoms with Crippen molar-refractivity contribution in [3.05, 3.63) is 35.4 Å². The van der Waals surface area contributed by atoms with Gasteiger partial charge in [-0.15, -0.1) is 0 Å². The van der Waals surface area contributed by atoms with Gasteiger partial charge in [-0.2, -0.15) is 29.0 Å². The average Bonchev–Trinajstić information content (AvgIpc) is 2.85. The normalized spacial score (nSPS) is 21.0. The number of hydrogen-bond acceptors (Lipinski definition) is 3. The predicted octanol–water partition coefficient (Wildman–Crippen LogP) is 2.79. The Morgan fingerprint density at radius 3 is 2.85 bits per heavy atom. The number of carbonyl (C=O) groups excluding carboxylic acids is 1. The minimum Gasteiger partial charge on any atom is -0.267 e. The summed E-state index contributed by atoms with van der Waals surface area (Å²) in [5, 5.41) is 0.280. The number of halogens is 3. The van der Waals surface area contributed by atoms with Crippen molar-refractivity contribution in [2.24, 2.45) is 4.99 Å². The van der Waals surface area contributed by atoms with Gasteiger partial charge in [-0.3, -0.25) is 4.79 Å². The summed E-state index contributed by atoms with van der Waals surface area (Å²) >= 11 is 1.27. The van der Waals surface area contributed by atoms with Gasteiger partial charge in [0.15, 0.2) is 0 Å². The van der Waals surface area contributed by atoms with Gasteiger partial charge in [-0.05, 0) is 24.6 Å². The summed E-state index contributed by atoms with van der Waals surface area (Å²) in [6.45, 7) is 1.94. The lowest BCUT2D eigenvalue weighted by molar-refractivity contribution is -0.137. The third kappa shape index (κ3) is 3.51. The van der Waals surface area contributed by atoms with Crippen molar-refractivity contribution in [2.75, 3.05) is 0 Å². The smallest absolute Gasteiger partial charge is 0.267 e. The highest BCUT2D eigenvalue weighted by Gasteiger charge is 2.31. The van der Waals surface area contributed by atoms with E-state index in [9.17, 15) is 18.0 Å². The molecular weight excluding hydrogens is 291 g/mol. The Labute approximate surface area is 117 Å². The van der Waals surface area contributed by atoms with Crippen LogP contribution in [0.2, 0.25) is 0 Å². The van der Waals surface area contributed by atoms with Crippen LogP contribution in [0.3, 0.4) is 0 Å². The maximum atomic E-state index is 12.6. The molecule has 1 radical (unpaired) electrons. The largest absolute Gasteiger partial charge is 0.416 e. The molecule has 1 fully saturated rings. The molecule has 1 atom stereocenters. The number of amides is 1. The van der Waals surface area contributed by atoms with Crippen LogP contribution in [0.4, 0.5) is 13.2 Å². The summed E-state index contributed by atoms with van der Waals surface area (Å²) in [4.78, 5) is 15.5. The Morgan fingerprint density at radius 1 is 1.50 bits per heavy atom. The third-order valence-corrected chi connectivity index (χ3v) is 3.67. The molecule has 0 bridgehead atoms. The quantitative estimate of drug-likeness (QED) is 0.914. The summed E-state index contributed by atoms with van der Waals surface area (Å²) in [5.74, 6) is -0.735. The minimum absolute atomic E-state index is 0.0445. The fraction of sp³-hybridized carbons (Fsp3) is 0.333. The lowest BCUT2D eigenvalue weighted by Crippen LogP contribution is -2.24. The average molecular weight is 302 g/mol. The summed E-state index contributed by atoms with van der Waals surface area (Å²) < 4.78 is 37.7. The number of benzene rings is 1. The van der Waals surface area contributed by atoms with Crippen molar-refractivity contribution in [2.45, 2.75) is 24.9 Å². The van der Waals surface area contributed by atoms with Crippen LogP contribution in [-0.2, 0) is 6.18 Å². The Morgan fingerprint density at radius 2 is 2.25 bits per heavy atom. The molecule has 4 nitrogen and oxygen atoms in total. The molecule has 0 aliphatic carbocycles. The minimum atomic E-state index is -4.48. The zero-order valence-corrected chi connectivity index (χ0v) is 11.3. The first kappa shape index (κ1) is 14.9. The van der Waals surface area contributed by atoms with Gasteiger partial charge < -0.3 is 0 Å². The number of nitrogens with one attached hydrogen (secondary N) is 1. The van der Waals surface area contributed by atoms with Crippen molar-refractivity contribution < 1.29 is 18.0 Å². The zero-order valence-electron chi connectivity index (χ0n) is 10.4. The van der Waals surface area contributed by atoms with E-state index in [-0.39, 0.29) is 16.1 Å². The van der Waals surface area contributed by atoms with Gasteiger partial charge in [0.05, 0.1) is 10.9 Å². The molecule has 0 saturated carbocycles. The van der Waals surface area contributed by atoms with Gasteiger partial charge in [0.25, 0.3) is 5.91 Å². The van der Waals surface area contributed by atoms with E-state index < -0.39 is 17.6 Å². The Bertz CT molecular complexity index is 545. The van der Waals surface area contributed by atoms with Gasteiger partial charge >= 0.3 is 6.18 Å². The lowest BCUT2D eigenvalue weighted by atomic mass is 10.1. The second-order valence-electron chi connectivity index (χ2n) is 4.03. The predicted molar refractivity (Wildman–Crippen MR) is 70.1 cm³/mol. The van der Waals surface area contributed by atoms with Gasteiger partial charge in [0.2, 0.25) is 5.17 Å². The molecule has 0 spiro atoms. The lowest BCUT2D eigenvalue weighted by Gasteiger charge is -2.06. The number of carbonyl (C=O) groups is 1. The first-order chi connectivity index (χ1) is 9.40. The molecule has 1 aromatic rings. The first-order valence-electron chi connectivity index (χ1n) is 5.83. The van der Waals surface area contributed by atoms with E-state index in [1.54, 1.807) is 0 Å². The molecule has 8 heteroatoms. The molecule has 0 aromatic heterocycles. The van der Waals surface area contributed by atoms with Crippen LogP contribution in [0.15, 0.2) is 29.3 Å². The molecule has 1 aliphatic rings. The SMILES string of the molecule is CCC1N[N]C(=NC(=O)c2cccc(C(F)(F)F)c2)S1. The molecule has 1 heterocycles. The van der Waals surface area contributed by atoms with Crippen LogP contribution in [0, 0.1) is 0 Å². The van der Waals surface area contributed by atoms with Crippen LogP contribution in [0.1, 0.15) is 29.3 Å². The van der Waals surface area contributed by atoms with Crippen molar-refractivity contribution >= 4 is 22.8 Å². The van der Waals surface area contributed by atoms with E-state index in [0.29, 0.717) is 0 Å². The second-order valence-corrected chi connectivity index (χ2v) is 5.20. The van der Waals surface area contributed by atoms with Crippen LogP contribution >= 0.6 is 11.8 Å². The summed E-state index contributed by atoms with van der Waals surface area (Å²) in [5.41, 5.74) is 5.64. The molecule has 1 unspecified atom stereocenters. The van der Waals surface area contributed by atoms with Crippen molar-refractivity contribution in [3.63, 3.8) is 0 Å². The van der Waals surface area contributed by atoms with E-state index in [4.69, 9.17) is 0 Å². The number of nitrogens with zero attached hydrogens (tertiary/aromatic N) is 2. The number of rotatable bonds is 2. The van der Waals surface area contributed by atoms with Crippen LogP contribution in [0.25, 0.3) is 0 Å². The van der Waals surface area contributed by atoms with Gasteiger partial charge in [0, 0.05) is 5.56 Å². The van der Waals surface area contributed by atoms with Gasteiger partial charge in [0.1, 0.15) is 0 Å². The summed E-state index contributed by atoms with van der Waals surface area (Å²) in [7, 11) is 0. The van der Waals surface area contributed by atoms with Gasteiger partial charge in [-0.25, -0.2) is 0 Å². The number of hydrogen-bond donors (Lipinski definition) is 1. The highest BCUT2D eigenvalue weighted by molar-refractivity contribution is 8.14. The van der Waals surface area contributed by atoms with Crippen molar-refractivity contribution in [1.82, 2.24) is 10.9 Å². The first-order valence-corrected chi connectivity index (χ1v) is 6.71. The number of aliphatic imine (C=N–C) groups is 1. The van der Waals surface area contributed by atoms with Crippen LogP contribution in [-0.4, -0.2) is 16.4 Å². The highest BCUT2D eigenvalue weighted by Crippen LogP contribution is 2.29. The van der Waals surface area contributed by atoms with Gasteiger partial charge in [-0.1, -0.05) is 24.8 Å². The number of amidine groups is 1. The van der Waals surface area contributed by atoms with Crippen LogP contribution < -0.4 is 10.9 Å². The summed E-state index contributed by atoms with van der Waals surface area (Å²) in [6, 6.07) is 4.18. The molecule has 1 N–H and O–H groups in total. The highest BCUT2D eigenvalue weighted by atomic mass is 32.2. The van der Waals surface area contributed by atoms with Crippen molar-refractivity contribution in [1.29, 1.82) is 0 Å². The molecule has 2 rings (SSSR count). The Hall–Kier alpha value is -1.54. The maximum Gasteiger partial charge on any atom is 0.416 e. The number of alkyl halides is 3. The van der Waals surface area contributed by atoms with Crippen LogP contribution in [0.5, 0.6) is 0 Å². The Kier molecular flexibility index (Phi) is 4.34. The second kappa shape index (κ2) is 5.84. The van der Waals surface area contributed by atoms with Crippen molar-refractivity contribution in [3.8, 4) is 0 Å². The molecule has 1 aromatic carbocycles. The topological polar surface area (TPSA) is 55.6 Å². The molecular formula is C12H11F3N3OS. The van der Waals surface area contributed by atoms with E-state index in [2.05, 4.69) is 15.8 Å². The molecule has 1 aliphatic heterocycles. The standard InChI is InChI=1S/C12H11F3N3OS/c1-2-9-17-18-11(20-9)16-10(19)7-4-3-5-8(6-7)12(13,14)15/h3-6,9,17H,2H2,1H3.